The zero-order valence-corrected chi connectivity index (χ0v) is 15.1. The van der Waals surface area contributed by atoms with E-state index in [2.05, 4.69) is 6.58 Å². The lowest BCUT2D eigenvalue weighted by molar-refractivity contribution is -0.140. The van der Waals surface area contributed by atoms with E-state index in [1.54, 1.807) is 13.0 Å². The molecule has 2 bridgehead atoms. The number of aliphatic hydroxyl groups is 1. The maximum atomic E-state index is 12.4. The Bertz CT molecular complexity index is 666. The molecular formula is C20H26O5. The topological polar surface area (TPSA) is 80.7 Å². The molecule has 1 N–H and O–H groups in total. The zero-order valence-electron chi connectivity index (χ0n) is 15.1. The number of ketones is 2. The molecule has 0 aromatic heterocycles. The van der Waals surface area contributed by atoms with Gasteiger partial charge in [-0.3, -0.25) is 9.59 Å². The number of Topliss-reactive ketones (excluding diaryl/α,β-unsaturated/α-hetero) is 1. The van der Waals surface area contributed by atoms with Gasteiger partial charge in [-0.1, -0.05) is 12.2 Å². The van der Waals surface area contributed by atoms with Gasteiger partial charge in [0.2, 0.25) is 0 Å². The molecular weight excluding hydrogens is 320 g/mol. The van der Waals surface area contributed by atoms with Gasteiger partial charge in [0.15, 0.2) is 11.6 Å². The molecule has 0 spiro atoms. The monoisotopic (exact) mass is 346 g/mol. The van der Waals surface area contributed by atoms with Crippen LogP contribution in [0.1, 0.15) is 52.9 Å². The summed E-state index contributed by atoms with van der Waals surface area (Å²) < 4.78 is 5.31. The number of hydrogen-bond acceptors (Lipinski definition) is 5. The van der Waals surface area contributed by atoms with Gasteiger partial charge in [0, 0.05) is 12.0 Å². The normalized spacial score (nSPS) is 33.8. The molecule has 2 rings (SSSR count). The highest BCUT2D eigenvalue weighted by molar-refractivity contribution is 6.05. The second kappa shape index (κ2) is 7.48. The molecule has 3 unspecified atom stereocenters. The van der Waals surface area contributed by atoms with Crippen LogP contribution in [-0.2, 0) is 19.1 Å². The van der Waals surface area contributed by atoms with Gasteiger partial charge < -0.3 is 9.84 Å². The van der Waals surface area contributed by atoms with Crippen LogP contribution in [0.5, 0.6) is 0 Å². The van der Waals surface area contributed by atoms with Crippen molar-refractivity contribution in [2.24, 2.45) is 5.92 Å². The van der Waals surface area contributed by atoms with Crippen molar-refractivity contribution in [1.29, 1.82) is 0 Å². The first-order valence-electron chi connectivity index (χ1n) is 8.65. The molecule has 3 atom stereocenters. The Morgan fingerprint density at radius 1 is 1.32 bits per heavy atom. The van der Waals surface area contributed by atoms with Crippen molar-refractivity contribution in [1.82, 2.24) is 0 Å². The fourth-order valence-corrected chi connectivity index (χ4v) is 3.08. The average molecular weight is 346 g/mol. The summed E-state index contributed by atoms with van der Waals surface area (Å²) in [6.45, 7) is 8.82. The van der Waals surface area contributed by atoms with Gasteiger partial charge in [0.05, 0.1) is 0 Å². The number of hydrogen-bond donors (Lipinski definition) is 1. The lowest BCUT2D eigenvalue weighted by atomic mass is 9.86. The molecule has 0 aromatic carbocycles. The molecule has 25 heavy (non-hydrogen) atoms. The predicted octanol–water partition coefficient (Wildman–Crippen LogP) is 2.83. The minimum absolute atomic E-state index is 0.0675. The first-order valence-corrected chi connectivity index (χ1v) is 8.65. The zero-order chi connectivity index (χ0) is 18.8. The summed E-state index contributed by atoms with van der Waals surface area (Å²) in [4.78, 5) is 36.7. The molecule has 0 amide bonds. The summed E-state index contributed by atoms with van der Waals surface area (Å²) in [5, 5.41) is 10.4. The van der Waals surface area contributed by atoms with E-state index in [-0.39, 0.29) is 30.5 Å². The van der Waals surface area contributed by atoms with Crippen molar-refractivity contribution in [2.45, 2.75) is 64.6 Å². The van der Waals surface area contributed by atoms with E-state index in [1.807, 2.05) is 6.92 Å². The van der Waals surface area contributed by atoms with Crippen LogP contribution in [0.15, 0.2) is 35.5 Å². The molecule has 136 valence electrons. The van der Waals surface area contributed by atoms with Gasteiger partial charge in [-0.2, -0.15) is 0 Å². The first kappa shape index (κ1) is 19.3. The van der Waals surface area contributed by atoms with Crippen LogP contribution in [0.4, 0.5) is 0 Å². The Labute approximate surface area is 148 Å². The van der Waals surface area contributed by atoms with E-state index in [0.717, 1.165) is 5.57 Å². The van der Waals surface area contributed by atoms with Crippen LogP contribution in [-0.4, -0.2) is 34.3 Å². The van der Waals surface area contributed by atoms with E-state index >= 15 is 0 Å². The molecule has 5 nitrogen and oxygen atoms in total. The van der Waals surface area contributed by atoms with Gasteiger partial charge in [0.25, 0.3) is 0 Å². The molecule has 0 radical (unpaired) electrons. The Balaban J connectivity index is 2.31. The number of allylic oxidation sites excluding steroid dienone is 2. The second-order valence-corrected chi connectivity index (χ2v) is 7.35. The summed E-state index contributed by atoms with van der Waals surface area (Å²) in [5.41, 5.74) is 0.208. The molecule has 0 saturated carbocycles. The second-order valence-electron chi connectivity index (χ2n) is 7.35. The highest BCUT2D eigenvalue weighted by atomic mass is 16.5. The molecule has 1 aliphatic carbocycles. The summed E-state index contributed by atoms with van der Waals surface area (Å²) in [5.74, 6) is -1.07. The Morgan fingerprint density at radius 3 is 2.64 bits per heavy atom. The van der Waals surface area contributed by atoms with Crippen molar-refractivity contribution in [3.05, 3.63) is 35.5 Å². The SMILES string of the molecule is C=C(C)C1CCC2=CC(CCC(C)(O)C(=O)/C=C(\C)C(=O)C1)OC2=O. The van der Waals surface area contributed by atoms with Crippen molar-refractivity contribution in [3.8, 4) is 0 Å². The Hall–Kier alpha value is -2.01. The standard InChI is InChI=1S/C20H26O5/c1-12(2)14-5-6-15-10-16(25-19(15)23)7-8-20(4,24)18(22)9-13(3)17(21)11-14/h9-10,14,16,24H,1,5-8,11H2,2-4H3/b13-9+. The minimum Gasteiger partial charge on any atom is -0.455 e. The number of carbonyl (C=O) groups is 3. The third kappa shape index (κ3) is 4.75. The first-order chi connectivity index (χ1) is 11.6. The van der Waals surface area contributed by atoms with E-state index in [0.29, 0.717) is 30.4 Å². The van der Waals surface area contributed by atoms with E-state index in [9.17, 15) is 19.5 Å². The molecule has 1 aliphatic heterocycles. The molecule has 0 saturated heterocycles. The average Bonchev–Trinajstić information content (AvgIpc) is 2.88. The van der Waals surface area contributed by atoms with Gasteiger partial charge >= 0.3 is 5.97 Å². The van der Waals surface area contributed by atoms with E-state index in [4.69, 9.17) is 4.74 Å². The Kier molecular flexibility index (Phi) is 5.78. The largest absolute Gasteiger partial charge is 0.455 e. The number of ether oxygens (including phenoxy) is 1. The minimum atomic E-state index is -1.59. The highest BCUT2D eigenvalue weighted by Gasteiger charge is 2.33. The van der Waals surface area contributed by atoms with Crippen LogP contribution in [0.25, 0.3) is 0 Å². The van der Waals surface area contributed by atoms with Crippen molar-refractivity contribution in [3.63, 3.8) is 0 Å². The number of esters is 1. The maximum absolute atomic E-state index is 12.4. The fourth-order valence-electron chi connectivity index (χ4n) is 3.08. The quantitative estimate of drug-likeness (QED) is 0.583. The predicted molar refractivity (Wildman–Crippen MR) is 93.7 cm³/mol. The summed E-state index contributed by atoms with van der Waals surface area (Å²) in [7, 11) is 0. The highest BCUT2D eigenvalue weighted by Crippen LogP contribution is 2.29. The van der Waals surface area contributed by atoms with Gasteiger partial charge in [-0.15, -0.1) is 0 Å². The van der Waals surface area contributed by atoms with Crippen LogP contribution >= 0.6 is 0 Å². The third-order valence-electron chi connectivity index (χ3n) is 5.03. The molecule has 2 aliphatic rings. The lowest BCUT2D eigenvalue weighted by Crippen LogP contribution is -2.35. The summed E-state index contributed by atoms with van der Waals surface area (Å²) in [6.07, 6.45) is 4.49. The van der Waals surface area contributed by atoms with Crippen LogP contribution in [0.2, 0.25) is 0 Å². The summed E-state index contributed by atoms with van der Waals surface area (Å²) in [6, 6.07) is 0. The van der Waals surface area contributed by atoms with Crippen LogP contribution in [0.3, 0.4) is 0 Å². The molecule has 0 fully saturated rings. The Morgan fingerprint density at radius 2 is 2.00 bits per heavy atom. The van der Waals surface area contributed by atoms with Crippen molar-refractivity contribution < 1.29 is 24.2 Å². The smallest absolute Gasteiger partial charge is 0.334 e. The fraction of sp³-hybridized carbons (Fsp3) is 0.550. The number of fused-ring (bicyclic) bond motifs is 1. The lowest BCUT2D eigenvalue weighted by Gasteiger charge is -2.22. The molecule has 5 heteroatoms. The van der Waals surface area contributed by atoms with Gasteiger partial charge in [-0.25, -0.2) is 4.79 Å². The van der Waals surface area contributed by atoms with Crippen LogP contribution < -0.4 is 0 Å². The number of rotatable bonds is 1. The molecule has 0 aromatic rings. The van der Waals surface area contributed by atoms with Gasteiger partial charge in [-0.05, 0) is 70.1 Å². The van der Waals surface area contributed by atoms with Crippen molar-refractivity contribution in [2.75, 3.05) is 0 Å². The van der Waals surface area contributed by atoms with E-state index < -0.39 is 17.5 Å². The number of carbonyl (C=O) groups excluding carboxylic acids is 3. The van der Waals surface area contributed by atoms with Gasteiger partial charge in [0.1, 0.15) is 11.7 Å². The van der Waals surface area contributed by atoms with Crippen molar-refractivity contribution >= 4 is 17.5 Å². The van der Waals surface area contributed by atoms with E-state index in [1.165, 1.54) is 13.0 Å². The van der Waals surface area contributed by atoms with Crippen LogP contribution in [0, 0.1) is 5.92 Å². The summed E-state index contributed by atoms with van der Waals surface area (Å²) >= 11 is 0. The molecule has 1 heterocycles. The maximum Gasteiger partial charge on any atom is 0.334 e. The third-order valence-corrected chi connectivity index (χ3v) is 5.03.